The molecule has 106 valence electrons. The Morgan fingerprint density at radius 1 is 1.37 bits per heavy atom. The lowest BCUT2D eigenvalue weighted by molar-refractivity contribution is 0.306. The van der Waals surface area contributed by atoms with Crippen molar-refractivity contribution in [2.45, 2.75) is 26.3 Å². The lowest BCUT2D eigenvalue weighted by Crippen LogP contribution is -2.26. The van der Waals surface area contributed by atoms with Gasteiger partial charge < -0.3 is 10.1 Å². The van der Waals surface area contributed by atoms with Gasteiger partial charge in [-0.2, -0.15) is 0 Å². The topological polar surface area (TPSA) is 24.5 Å². The molecule has 2 rings (SSSR count). The van der Waals surface area contributed by atoms with Crippen LogP contribution in [0, 0.1) is 5.92 Å². The Bertz CT molecular complexity index is 381. The SMILES string of the molecule is CCCNCC1CCN(Cc2ccccc2OC)C1. The summed E-state index contributed by atoms with van der Waals surface area (Å²) in [5, 5.41) is 3.53. The monoisotopic (exact) mass is 262 g/mol. The quantitative estimate of drug-likeness (QED) is 0.764. The molecule has 1 aromatic rings. The van der Waals surface area contributed by atoms with Gasteiger partial charge in [0.15, 0.2) is 0 Å². The average molecular weight is 262 g/mol. The van der Waals surface area contributed by atoms with E-state index < -0.39 is 0 Å². The summed E-state index contributed by atoms with van der Waals surface area (Å²) in [4.78, 5) is 2.54. The van der Waals surface area contributed by atoms with Crippen molar-refractivity contribution in [3.05, 3.63) is 29.8 Å². The molecule has 0 saturated carbocycles. The largest absolute Gasteiger partial charge is 0.496 e. The van der Waals surface area contributed by atoms with Crippen molar-refractivity contribution in [3.63, 3.8) is 0 Å². The van der Waals surface area contributed by atoms with Gasteiger partial charge in [0.1, 0.15) is 5.75 Å². The second-order valence-electron chi connectivity index (χ2n) is 5.41. The van der Waals surface area contributed by atoms with Crippen molar-refractivity contribution >= 4 is 0 Å². The van der Waals surface area contributed by atoms with Gasteiger partial charge in [-0.05, 0) is 44.5 Å². The Morgan fingerprint density at radius 3 is 3.00 bits per heavy atom. The zero-order valence-electron chi connectivity index (χ0n) is 12.2. The highest BCUT2D eigenvalue weighted by molar-refractivity contribution is 5.33. The zero-order valence-corrected chi connectivity index (χ0v) is 12.2. The third-order valence-electron chi connectivity index (χ3n) is 3.82. The maximum absolute atomic E-state index is 5.42. The number of rotatable bonds is 7. The predicted molar refractivity (Wildman–Crippen MR) is 79.5 cm³/mol. The van der Waals surface area contributed by atoms with Gasteiger partial charge in [-0.1, -0.05) is 25.1 Å². The smallest absolute Gasteiger partial charge is 0.123 e. The van der Waals surface area contributed by atoms with E-state index in [2.05, 4.69) is 29.3 Å². The molecule has 0 aromatic heterocycles. The van der Waals surface area contributed by atoms with Gasteiger partial charge in [0, 0.05) is 18.7 Å². The van der Waals surface area contributed by atoms with Crippen LogP contribution in [0.25, 0.3) is 0 Å². The second kappa shape index (κ2) is 7.51. The molecular formula is C16H26N2O. The second-order valence-corrected chi connectivity index (χ2v) is 5.41. The molecule has 1 aliphatic rings. The minimum atomic E-state index is 0.807. The Hall–Kier alpha value is -1.06. The highest BCUT2D eigenvalue weighted by atomic mass is 16.5. The number of benzene rings is 1. The van der Waals surface area contributed by atoms with Gasteiger partial charge in [-0.25, -0.2) is 0 Å². The predicted octanol–water partition coefficient (Wildman–Crippen LogP) is 2.52. The molecule has 1 N–H and O–H groups in total. The third kappa shape index (κ3) is 4.22. The number of hydrogen-bond acceptors (Lipinski definition) is 3. The normalized spacial score (nSPS) is 19.8. The number of hydrogen-bond donors (Lipinski definition) is 1. The number of methoxy groups -OCH3 is 1. The van der Waals surface area contributed by atoms with E-state index in [0.717, 1.165) is 31.3 Å². The van der Waals surface area contributed by atoms with E-state index in [1.807, 2.05) is 12.1 Å². The van der Waals surface area contributed by atoms with Gasteiger partial charge in [-0.3, -0.25) is 4.90 Å². The van der Waals surface area contributed by atoms with Crippen LogP contribution in [-0.4, -0.2) is 38.2 Å². The van der Waals surface area contributed by atoms with Crippen molar-refractivity contribution in [1.82, 2.24) is 10.2 Å². The van der Waals surface area contributed by atoms with Crippen molar-refractivity contribution in [2.24, 2.45) is 5.92 Å². The molecule has 0 bridgehead atoms. The molecule has 1 atom stereocenters. The fourth-order valence-corrected chi connectivity index (χ4v) is 2.78. The van der Waals surface area contributed by atoms with Crippen LogP contribution in [0.4, 0.5) is 0 Å². The lowest BCUT2D eigenvalue weighted by atomic mass is 10.1. The van der Waals surface area contributed by atoms with E-state index in [9.17, 15) is 0 Å². The Morgan fingerprint density at radius 2 is 2.21 bits per heavy atom. The first-order valence-corrected chi connectivity index (χ1v) is 7.38. The first kappa shape index (κ1) is 14.4. The minimum absolute atomic E-state index is 0.807. The summed E-state index contributed by atoms with van der Waals surface area (Å²) in [6.45, 7) is 7.94. The van der Waals surface area contributed by atoms with Crippen LogP contribution < -0.4 is 10.1 Å². The van der Waals surface area contributed by atoms with Crippen molar-refractivity contribution in [2.75, 3.05) is 33.3 Å². The standard InChI is InChI=1S/C16H26N2O/c1-3-9-17-11-14-8-10-18(12-14)13-15-6-4-5-7-16(15)19-2/h4-7,14,17H,3,8-13H2,1-2H3. The molecular weight excluding hydrogens is 236 g/mol. The molecule has 0 aliphatic carbocycles. The van der Waals surface area contributed by atoms with E-state index in [0.29, 0.717) is 0 Å². The molecule has 1 unspecified atom stereocenters. The summed E-state index contributed by atoms with van der Waals surface area (Å²) in [7, 11) is 1.75. The summed E-state index contributed by atoms with van der Waals surface area (Å²) in [5.74, 6) is 1.82. The average Bonchev–Trinajstić information content (AvgIpc) is 2.87. The number of ether oxygens (including phenoxy) is 1. The van der Waals surface area contributed by atoms with Crippen LogP contribution in [0.15, 0.2) is 24.3 Å². The van der Waals surface area contributed by atoms with Crippen LogP contribution in [0.5, 0.6) is 5.75 Å². The molecule has 3 nitrogen and oxygen atoms in total. The van der Waals surface area contributed by atoms with Crippen molar-refractivity contribution in [1.29, 1.82) is 0 Å². The summed E-state index contributed by atoms with van der Waals surface area (Å²) >= 11 is 0. The molecule has 19 heavy (non-hydrogen) atoms. The maximum Gasteiger partial charge on any atom is 0.123 e. The van der Waals surface area contributed by atoms with Gasteiger partial charge in [0.05, 0.1) is 7.11 Å². The Balaban J connectivity index is 1.81. The first-order valence-electron chi connectivity index (χ1n) is 7.38. The van der Waals surface area contributed by atoms with Gasteiger partial charge in [0.2, 0.25) is 0 Å². The number of nitrogens with zero attached hydrogens (tertiary/aromatic N) is 1. The van der Waals surface area contributed by atoms with Crippen molar-refractivity contribution < 1.29 is 4.74 Å². The van der Waals surface area contributed by atoms with E-state index in [-0.39, 0.29) is 0 Å². The molecule has 0 radical (unpaired) electrons. The zero-order chi connectivity index (χ0) is 13.5. The number of nitrogens with one attached hydrogen (secondary N) is 1. The fourth-order valence-electron chi connectivity index (χ4n) is 2.78. The van der Waals surface area contributed by atoms with Gasteiger partial charge >= 0.3 is 0 Å². The summed E-state index contributed by atoms with van der Waals surface area (Å²) in [6.07, 6.45) is 2.53. The lowest BCUT2D eigenvalue weighted by Gasteiger charge is -2.18. The molecule has 0 amide bonds. The fraction of sp³-hybridized carbons (Fsp3) is 0.625. The van der Waals surface area contributed by atoms with Crippen LogP contribution in [-0.2, 0) is 6.54 Å². The molecule has 0 spiro atoms. The molecule has 3 heteroatoms. The van der Waals surface area contributed by atoms with E-state index in [1.54, 1.807) is 7.11 Å². The highest BCUT2D eigenvalue weighted by Crippen LogP contribution is 2.23. The summed E-state index contributed by atoms with van der Waals surface area (Å²) in [6, 6.07) is 8.34. The molecule has 1 aromatic carbocycles. The van der Waals surface area contributed by atoms with Gasteiger partial charge in [0.25, 0.3) is 0 Å². The third-order valence-corrected chi connectivity index (χ3v) is 3.82. The van der Waals surface area contributed by atoms with Crippen LogP contribution in [0.1, 0.15) is 25.3 Å². The Kier molecular flexibility index (Phi) is 5.67. The Labute approximate surface area is 116 Å². The molecule has 1 heterocycles. The highest BCUT2D eigenvalue weighted by Gasteiger charge is 2.22. The number of para-hydroxylation sites is 1. The molecule has 1 saturated heterocycles. The molecule has 1 aliphatic heterocycles. The van der Waals surface area contributed by atoms with E-state index in [4.69, 9.17) is 4.74 Å². The number of likely N-dealkylation sites (tertiary alicyclic amines) is 1. The van der Waals surface area contributed by atoms with Gasteiger partial charge in [-0.15, -0.1) is 0 Å². The van der Waals surface area contributed by atoms with E-state index in [1.165, 1.54) is 31.5 Å². The van der Waals surface area contributed by atoms with E-state index >= 15 is 0 Å². The summed E-state index contributed by atoms with van der Waals surface area (Å²) < 4.78 is 5.42. The van der Waals surface area contributed by atoms with Crippen LogP contribution in [0.2, 0.25) is 0 Å². The summed E-state index contributed by atoms with van der Waals surface area (Å²) in [5.41, 5.74) is 1.30. The van der Waals surface area contributed by atoms with Crippen LogP contribution in [0.3, 0.4) is 0 Å². The van der Waals surface area contributed by atoms with Crippen molar-refractivity contribution in [3.8, 4) is 5.75 Å². The maximum atomic E-state index is 5.42. The molecule has 1 fully saturated rings. The minimum Gasteiger partial charge on any atom is -0.496 e. The van der Waals surface area contributed by atoms with Crippen LogP contribution >= 0.6 is 0 Å². The first-order chi connectivity index (χ1) is 9.33.